The lowest BCUT2D eigenvalue weighted by Crippen LogP contribution is -2.41. The highest BCUT2D eigenvalue weighted by molar-refractivity contribution is 7.85. The Hall–Kier alpha value is -1.07. The second-order valence-corrected chi connectivity index (χ2v) is 6.59. The largest absolute Gasteiger partial charge is 0.301 e. The minimum Gasteiger partial charge on any atom is -0.301 e. The van der Waals surface area contributed by atoms with Crippen molar-refractivity contribution in [3.63, 3.8) is 0 Å². The minimum atomic E-state index is -0.713. The molecule has 0 aromatic heterocycles. The van der Waals surface area contributed by atoms with Gasteiger partial charge in [-0.2, -0.15) is 0 Å². The topological polar surface area (TPSA) is 37.4 Å². The quantitative estimate of drug-likeness (QED) is 0.790. The van der Waals surface area contributed by atoms with E-state index in [1.165, 1.54) is 12.1 Å². The molecule has 0 bridgehead atoms. The van der Waals surface area contributed by atoms with Crippen LogP contribution >= 0.6 is 0 Å². The molecule has 1 aromatic carbocycles. The van der Waals surface area contributed by atoms with Crippen LogP contribution in [0.2, 0.25) is 0 Å². The molecule has 19 heavy (non-hydrogen) atoms. The van der Waals surface area contributed by atoms with Crippen LogP contribution in [0.4, 0.5) is 4.39 Å². The molecule has 1 heterocycles. The number of rotatable bonds is 4. The number of benzene rings is 1. The van der Waals surface area contributed by atoms with E-state index in [2.05, 4.69) is 4.90 Å². The molecule has 0 saturated carbocycles. The van der Waals surface area contributed by atoms with Gasteiger partial charge in [0.15, 0.2) is 5.78 Å². The summed E-state index contributed by atoms with van der Waals surface area (Å²) in [6.45, 7) is 3.92. The molecule has 1 aliphatic rings. The zero-order chi connectivity index (χ0) is 13.8. The molecular weight excluding hydrogens is 265 g/mol. The highest BCUT2D eigenvalue weighted by atomic mass is 32.2. The third-order valence-electron chi connectivity index (χ3n) is 3.39. The molecule has 0 N–H and O–H groups in total. The molecule has 1 aromatic rings. The molecule has 0 amide bonds. The van der Waals surface area contributed by atoms with Gasteiger partial charge in [-0.05, 0) is 12.1 Å². The Morgan fingerprint density at radius 2 is 2.00 bits per heavy atom. The summed E-state index contributed by atoms with van der Waals surface area (Å²) in [4.78, 5) is 14.3. The Morgan fingerprint density at radius 1 is 1.37 bits per heavy atom. The lowest BCUT2D eigenvalue weighted by molar-refractivity contribution is 0.0893. The van der Waals surface area contributed by atoms with Gasteiger partial charge in [-0.15, -0.1) is 0 Å². The van der Waals surface area contributed by atoms with E-state index in [1.54, 1.807) is 12.1 Å². The first-order chi connectivity index (χ1) is 9.08. The fraction of sp³-hybridized carbons (Fsp3) is 0.500. The SMILES string of the molecule is CC(CN1CCS(=O)CC1)C(=O)c1ccccc1F. The van der Waals surface area contributed by atoms with Gasteiger partial charge in [0.2, 0.25) is 0 Å². The van der Waals surface area contributed by atoms with Gasteiger partial charge in [-0.3, -0.25) is 9.00 Å². The van der Waals surface area contributed by atoms with Crippen molar-refractivity contribution < 1.29 is 13.4 Å². The van der Waals surface area contributed by atoms with Gasteiger partial charge in [0.1, 0.15) is 5.82 Å². The van der Waals surface area contributed by atoms with Gasteiger partial charge < -0.3 is 4.90 Å². The van der Waals surface area contributed by atoms with Crippen LogP contribution in [0.5, 0.6) is 0 Å². The van der Waals surface area contributed by atoms with Crippen LogP contribution in [0, 0.1) is 11.7 Å². The number of hydrogen-bond acceptors (Lipinski definition) is 3. The van der Waals surface area contributed by atoms with Crippen LogP contribution in [-0.4, -0.2) is 46.0 Å². The maximum atomic E-state index is 13.6. The Morgan fingerprint density at radius 3 is 2.63 bits per heavy atom. The Kier molecular flexibility index (Phi) is 4.82. The van der Waals surface area contributed by atoms with Gasteiger partial charge in [0.05, 0.1) is 5.56 Å². The minimum absolute atomic E-state index is 0.162. The van der Waals surface area contributed by atoms with Crippen LogP contribution in [0.3, 0.4) is 0 Å². The van der Waals surface area contributed by atoms with Crippen LogP contribution in [-0.2, 0) is 10.8 Å². The van der Waals surface area contributed by atoms with E-state index in [-0.39, 0.29) is 17.3 Å². The molecule has 3 nitrogen and oxygen atoms in total. The maximum Gasteiger partial charge on any atom is 0.169 e. The van der Waals surface area contributed by atoms with Gasteiger partial charge in [-0.25, -0.2) is 4.39 Å². The van der Waals surface area contributed by atoms with Crippen molar-refractivity contribution in [3.05, 3.63) is 35.6 Å². The van der Waals surface area contributed by atoms with Gasteiger partial charge in [0.25, 0.3) is 0 Å². The van der Waals surface area contributed by atoms with Crippen molar-refractivity contribution in [2.75, 3.05) is 31.1 Å². The number of carbonyl (C=O) groups is 1. The van der Waals surface area contributed by atoms with E-state index in [0.29, 0.717) is 18.1 Å². The van der Waals surface area contributed by atoms with Crippen LogP contribution in [0.15, 0.2) is 24.3 Å². The average molecular weight is 283 g/mol. The molecule has 5 heteroatoms. The molecule has 0 radical (unpaired) electrons. The molecule has 2 rings (SSSR count). The molecule has 1 unspecified atom stereocenters. The molecular formula is C14H18FNO2S. The van der Waals surface area contributed by atoms with Gasteiger partial charge in [-0.1, -0.05) is 19.1 Å². The summed E-state index contributed by atoms with van der Waals surface area (Å²) in [5.41, 5.74) is 0.163. The van der Waals surface area contributed by atoms with Gasteiger partial charge >= 0.3 is 0 Å². The van der Waals surface area contributed by atoms with Crippen LogP contribution in [0.25, 0.3) is 0 Å². The summed E-state index contributed by atoms with van der Waals surface area (Å²) in [5, 5.41) is 0. The molecule has 0 spiro atoms. The van der Waals surface area contributed by atoms with E-state index >= 15 is 0 Å². The zero-order valence-electron chi connectivity index (χ0n) is 11.0. The van der Waals surface area contributed by atoms with Gasteiger partial charge in [0, 0.05) is 47.9 Å². The first-order valence-corrected chi connectivity index (χ1v) is 7.93. The second-order valence-electron chi connectivity index (χ2n) is 4.89. The first kappa shape index (κ1) is 14.3. The molecule has 104 valence electrons. The average Bonchev–Trinajstić information content (AvgIpc) is 2.41. The lowest BCUT2D eigenvalue weighted by Gasteiger charge is -2.28. The van der Waals surface area contributed by atoms with E-state index in [1.807, 2.05) is 6.92 Å². The van der Waals surface area contributed by atoms with E-state index in [0.717, 1.165) is 13.1 Å². The predicted octanol–water partition coefficient (Wildman–Crippen LogP) is 1.71. The summed E-state index contributed by atoms with van der Waals surface area (Å²) in [7, 11) is -0.713. The highest BCUT2D eigenvalue weighted by Gasteiger charge is 2.23. The summed E-state index contributed by atoms with van der Waals surface area (Å²) < 4.78 is 24.8. The van der Waals surface area contributed by atoms with Crippen molar-refractivity contribution >= 4 is 16.6 Å². The van der Waals surface area contributed by atoms with Crippen molar-refractivity contribution in [2.24, 2.45) is 5.92 Å². The second kappa shape index (κ2) is 6.39. The maximum absolute atomic E-state index is 13.6. The summed E-state index contributed by atoms with van der Waals surface area (Å²) in [6.07, 6.45) is 0. The fourth-order valence-corrected chi connectivity index (χ4v) is 3.38. The third kappa shape index (κ3) is 3.70. The fourth-order valence-electron chi connectivity index (χ4n) is 2.25. The zero-order valence-corrected chi connectivity index (χ0v) is 11.8. The number of nitrogens with zero attached hydrogens (tertiary/aromatic N) is 1. The van der Waals surface area contributed by atoms with Crippen LogP contribution in [0.1, 0.15) is 17.3 Å². The lowest BCUT2D eigenvalue weighted by atomic mass is 9.98. The summed E-state index contributed by atoms with van der Waals surface area (Å²) >= 11 is 0. The number of carbonyl (C=O) groups excluding carboxylic acids is 1. The number of hydrogen-bond donors (Lipinski definition) is 0. The summed E-state index contributed by atoms with van der Waals surface area (Å²) in [5.74, 6) is 0.466. The van der Waals surface area contributed by atoms with Crippen molar-refractivity contribution in [1.82, 2.24) is 4.90 Å². The Labute approximate surface area is 115 Å². The standard InChI is InChI=1S/C14H18FNO2S/c1-11(10-16-6-8-19(18)9-7-16)14(17)12-4-2-3-5-13(12)15/h2-5,11H,6-10H2,1H3. The highest BCUT2D eigenvalue weighted by Crippen LogP contribution is 2.14. The predicted molar refractivity (Wildman–Crippen MR) is 74.2 cm³/mol. The monoisotopic (exact) mass is 283 g/mol. The van der Waals surface area contributed by atoms with E-state index in [4.69, 9.17) is 0 Å². The molecule has 0 aliphatic carbocycles. The Balaban J connectivity index is 1.96. The molecule has 1 aliphatic heterocycles. The molecule has 1 atom stereocenters. The van der Waals surface area contributed by atoms with E-state index < -0.39 is 16.6 Å². The van der Waals surface area contributed by atoms with Crippen molar-refractivity contribution in [2.45, 2.75) is 6.92 Å². The third-order valence-corrected chi connectivity index (χ3v) is 4.67. The van der Waals surface area contributed by atoms with Crippen molar-refractivity contribution in [1.29, 1.82) is 0 Å². The van der Waals surface area contributed by atoms with Crippen LogP contribution < -0.4 is 0 Å². The Bertz CT molecular complexity index is 482. The van der Waals surface area contributed by atoms with E-state index in [9.17, 15) is 13.4 Å². The summed E-state index contributed by atoms with van der Waals surface area (Å²) in [6, 6.07) is 6.09. The van der Waals surface area contributed by atoms with Crippen molar-refractivity contribution in [3.8, 4) is 0 Å². The molecule has 1 saturated heterocycles. The first-order valence-electron chi connectivity index (χ1n) is 6.44. The normalized spacial score (nSPS) is 19.3. The number of Topliss-reactive ketones (excluding diaryl/α,β-unsaturated/α-hetero) is 1. The number of halogens is 1. The molecule has 1 fully saturated rings. The smallest absolute Gasteiger partial charge is 0.169 e. The number of ketones is 1.